The van der Waals surface area contributed by atoms with Gasteiger partial charge in [-0.1, -0.05) is 25.5 Å². The Hall–Kier alpha value is -0.340. The van der Waals surface area contributed by atoms with Crippen molar-refractivity contribution < 1.29 is 5.11 Å². The van der Waals surface area contributed by atoms with Crippen LogP contribution in [0.4, 0.5) is 0 Å². The van der Waals surface area contributed by atoms with Crippen molar-refractivity contribution in [2.24, 2.45) is 0 Å². The van der Waals surface area contributed by atoms with Gasteiger partial charge in [-0.15, -0.1) is 0 Å². The predicted octanol–water partition coefficient (Wildman–Crippen LogP) is 0.770. The van der Waals surface area contributed by atoms with Crippen LogP contribution >= 0.6 is 0 Å². The summed E-state index contributed by atoms with van der Waals surface area (Å²) in [6.07, 6.45) is 6.36. The third-order valence-electron chi connectivity index (χ3n) is 2.65. The standard InChI is InChI=1S/C9H15NO/c1-2-3-6-10-7-4-5-8(11)9(7)10/h4-5,7-9,11H,2-3,6H2,1H3/t7-,8-,9-,10?/m0/s1. The van der Waals surface area contributed by atoms with E-state index < -0.39 is 0 Å². The van der Waals surface area contributed by atoms with Crippen LogP contribution in [0.25, 0.3) is 0 Å². The van der Waals surface area contributed by atoms with Crippen molar-refractivity contribution in [3.05, 3.63) is 12.2 Å². The molecule has 1 aliphatic heterocycles. The zero-order valence-electron chi connectivity index (χ0n) is 6.90. The summed E-state index contributed by atoms with van der Waals surface area (Å²) in [6, 6.07) is 1.03. The Bertz CT molecular complexity index is 178. The molecule has 2 rings (SSSR count). The Morgan fingerprint density at radius 2 is 2.27 bits per heavy atom. The molecule has 2 aliphatic rings. The van der Waals surface area contributed by atoms with Crippen molar-refractivity contribution in [3.8, 4) is 0 Å². The molecule has 1 aliphatic carbocycles. The van der Waals surface area contributed by atoms with Gasteiger partial charge < -0.3 is 5.11 Å². The zero-order valence-corrected chi connectivity index (χ0v) is 6.90. The van der Waals surface area contributed by atoms with E-state index in [1.807, 2.05) is 6.08 Å². The van der Waals surface area contributed by atoms with Gasteiger partial charge in [-0.2, -0.15) is 0 Å². The van der Waals surface area contributed by atoms with E-state index in [0.29, 0.717) is 12.1 Å². The van der Waals surface area contributed by atoms with Gasteiger partial charge in [0.25, 0.3) is 0 Å². The van der Waals surface area contributed by atoms with Crippen molar-refractivity contribution >= 4 is 0 Å². The van der Waals surface area contributed by atoms with Crippen LogP contribution < -0.4 is 0 Å². The fourth-order valence-electron chi connectivity index (χ4n) is 1.92. The van der Waals surface area contributed by atoms with E-state index in [9.17, 15) is 5.11 Å². The summed E-state index contributed by atoms with van der Waals surface area (Å²) in [5, 5.41) is 9.38. The molecule has 0 saturated carbocycles. The van der Waals surface area contributed by atoms with E-state index in [2.05, 4.69) is 17.9 Å². The molecule has 1 N–H and O–H groups in total. The number of nitrogens with zero attached hydrogens (tertiary/aromatic N) is 1. The average Bonchev–Trinajstić information content (AvgIpc) is 2.58. The van der Waals surface area contributed by atoms with Crippen LogP contribution in [0, 0.1) is 0 Å². The zero-order chi connectivity index (χ0) is 7.84. The predicted molar refractivity (Wildman–Crippen MR) is 44.3 cm³/mol. The summed E-state index contributed by atoms with van der Waals surface area (Å²) in [7, 11) is 0. The first kappa shape index (κ1) is 7.32. The van der Waals surface area contributed by atoms with Gasteiger partial charge in [-0.05, 0) is 13.0 Å². The monoisotopic (exact) mass is 153 g/mol. The van der Waals surface area contributed by atoms with E-state index in [0.717, 1.165) is 6.54 Å². The molecule has 0 bridgehead atoms. The highest BCUT2D eigenvalue weighted by molar-refractivity contribution is 5.26. The first-order chi connectivity index (χ1) is 5.34. The molecule has 62 valence electrons. The Morgan fingerprint density at radius 3 is 2.82 bits per heavy atom. The maximum Gasteiger partial charge on any atom is 0.0895 e. The SMILES string of the molecule is CCCCN1[C@@H]2[C@@H](O)C=C[C@@H]21. The summed E-state index contributed by atoms with van der Waals surface area (Å²) in [5.41, 5.74) is 0. The molecule has 0 aromatic heterocycles. The van der Waals surface area contributed by atoms with Crippen molar-refractivity contribution in [2.75, 3.05) is 6.54 Å². The number of rotatable bonds is 3. The van der Waals surface area contributed by atoms with Gasteiger partial charge in [0.1, 0.15) is 0 Å². The smallest absolute Gasteiger partial charge is 0.0895 e. The molecule has 2 heteroatoms. The topological polar surface area (TPSA) is 23.2 Å². The molecule has 0 aromatic rings. The molecule has 1 saturated heterocycles. The molecule has 11 heavy (non-hydrogen) atoms. The summed E-state index contributed by atoms with van der Waals surface area (Å²) in [6.45, 7) is 3.36. The number of hydrogen-bond donors (Lipinski definition) is 1. The summed E-state index contributed by atoms with van der Waals surface area (Å²) < 4.78 is 0. The Balaban J connectivity index is 1.81. The van der Waals surface area contributed by atoms with E-state index in [-0.39, 0.29) is 6.10 Å². The lowest BCUT2D eigenvalue weighted by Gasteiger charge is -2.05. The molecule has 4 atom stereocenters. The minimum absolute atomic E-state index is 0.183. The largest absolute Gasteiger partial charge is 0.387 e. The highest BCUT2D eigenvalue weighted by Crippen LogP contribution is 2.37. The molecule has 1 heterocycles. The summed E-state index contributed by atoms with van der Waals surface area (Å²) in [5.74, 6) is 0. The summed E-state index contributed by atoms with van der Waals surface area (Å²) >= 11 is 0. The Labute approximate surface area is 67.5 Å². The van der Waals surface area contributed by atoms with Gasteiger partial charge in [0.15, 0.2) is 0 Å². The number of fused-ring (bicyclic) bond motifs is 1. The van der Waals surface area contributed by atoms with Crippen LogP contribution in [0.1, 0.15) is 19.8 Å². The molecule has 1 unspecified atom stereocenters. The van der Waals surface area contributed by atoms with Crippen LogP contribution in [-0.2, 0) is 0 Å². The second-order valence-electron chi connectivity index (χ2n) is 3.45. The normalized spacial score (nSPS) is 46.0. The molecule has 0 aromatic carbocycles. The number of aliphatic hydroxyl groups is 1. The fourth-order valence-corrected chi connectivity index (χ4v) is 1.92. The highest BCUT2D eigenvalue weighted by atomic mass is 16.3. The van der Waals surface area contributed by atoms with Crippen LogP contribution in [0.2, 0.25) is 0 Å². The molecule has 0 radical (unpaired) electrons. The van der Waals surface area contributed by atoms with Gasteiger partial charge >= 0.3 is 0 Å². The van der Waals surface area contributed by atoms with Crippen molar-refractivity contribution in [1.29, 1.82) is 0 Å². The van der Waals surface area contributed by atoms with E-state index in [1.165, 1.54) is 12.8 Å². The molecule has 0 spiro atoms. The number of hydrogen-bond acceptors (Lipinski definition) is 2. The quantitative estimate of drug-likeness (QED) is 0.478. The van der Waals surface area contributed by atoms with Crippen LogP contribution in [-0.4, -0.2) is 34.7 Å². The van der Waals surface area contributed by atoms with Gasteiger partial charge in [-0.3, -0.25) is 4.90 Å². The van der Waals surface area contributed by atoms with Crippen LogP contribution in [0.15, 0.2) is 12.2 Å². The minimum atomic E-state index is -0.183. The average molecular weight is 153 g/mol. The number of unbranched alkanes of at least 4 members (excludes halogenated alkanes) is 1. The van der Waals surface area contributed by atoms with Gasteiger partial charge in [-0.25, -0.2) is 0 Å². The van der Waals surface area contributed by atoms with E-state index in [1.54, 1.807) is 0 Å². The lowest BCUT2D eigenvalue weighted by atomic mass is 10.3. The van der Waals surface area contributed by atoms with Gasteiger partial charge in [0.2, 0.25) is 0 Å². The first-order valence-corrected chi connectivity index (χ1v) is 4.46. The molecule has 2 nitrogen and oxygen atoms in total. The Kier molecular flexibility index (Phi) is 1.74. The molecule has 0 amide bonds. The van der Waals surface area contributed by atoms with Crippen LogP contribution in [0.5, 0.6) is 0 Å². The highest BCUT2D eigenvalue weighted by Gasteiger charge is 2.51. The maximum atomic E-state index is 9.38. The molecule has 1 fully saturated rings. The van der Waals surface area contributed by atoms with E-state index >= 15 is 0 Å². The van der Waals surface area contributed by atoms with Gasteiger partial charge in [0, 0.05) is 6.04 Å². The third kappa shape index (κ3) is 1.10. The fraction of sp³-hybridized carbons (Fsp3) is 0.778. The molecular weight excluding hydrogens is 138 g/mol. The minimum Gasteiger partial charge on any atom is -0.387 e. The maximum absolute atomic E-state index is 9.38. The lowest BCUT2D eigenvalue weighted by molar-refractivity contribution is 0.202. The second kappa shape index (κ2) is 2.61. The molecular formula is C9H15NO. The van der Waals surface area contributed by atoms with Crippen molar-refractivity contribution in [2.45, 2.75) is 38.0 Å². The van der Waals surface area contributed by atoms with Crippen molar-refractivity contribution in [3.63, 3.8) is 0 Å². The number of aliphatic hydroxyl groups excluding tert-OH is 1. The van der Waals surface area contributed by atoms with Crippen LogP contribution in [0.3, 0.4) is 0 Å². The van der Waals surface area contributed by atoms with E-state index in [4.69, 9.17) is 0 Å². The van der Waals surface area contributed by atoms with Crippen molar-refractivity contribution in [1.82, 2.24) is 4.90 Å². The lowest BCUT2D eigenvalue weighted by Crippen LogP contribution is -2.16. The Morgan fingerprint density at radius 1 is 1.45 bits per heavy atom. The summed E-state index contributed by atoms with van der Waals surface area (Å²) in [4.78, 5) is 2.37. The third-order valence-corrected chi connectivity index (χ3v) is 2.65. The first-order valence-electron chi connectivity index (χ1n) is 4.46. The van der Waals surface area contributed by atoms with Gasteiger partial charge in [0.05, 0.1) is 12.1 Å². The second-order valence-corrected chi connectivity index (χ2v) is 3.45.